The summed E-state index contributed by atoms with van der Waals surface area (Å²) in [6.07, 6.45) is 0.233. The van der Waals surface area contributed by atoms with Gasteiger partial charge in [0.2, 0.25) is 0 Å². The zero-order valence-electron chi connectivity index (χ0n) is 17.0. The Morgan fingerprint density at radius 3 is 2.36 bits per heavy atom. The molecule has 6 heteroatoms. The van der Waals surface area contributed by atoms with E-state index in [1.807, 2.05) is 39.0 Å². The van der Waals surface area contributed by atoms with Gasteiger partial charge in [0.25, 0.3) is 5.56 Å². The van der Waals surface area contributed by atoms with Gasteiger partial charge in [-0.15, -0.1) is 0 Å². The summed E-state index contributed by atoms with van der Waals surface area (Å²) >= 11 is 0. The van der Waals surface area contributed by atoms with E-state index in [0.717, 1.165) is 5.56 Å². The van der Waals surface area contributed by atoms with E-state index in [4.69, 9.17) is 0 Å². The summed E-state index contributed by atoms with van der Waals surface area (Å²) in [6.45, 7) is 5.88. The van der Waals surface area contributed by atoms with E-state index in [-0.39, 0.29) is 69.2 Å². The fourth-order valence-corrected chi connectivity index (χ4v) is 2.74. The molecule has 28 heavy (non-hydrogen) atoms. The average molecular weight is 458 g/mol. The largest absolute Gasteiger partial charge is 0.505 e. The van der Waals surface area contributed by atoms with Crippen LogP contribution >= 0.6 is 0 Å². The molecule has 1 radical (unpaired) electrons. The first kappa shape index (κ1) is 26.2. The molecular weight excluding hydrogens is 432 g/mol. The molecule has 0 bridgehead atoms. The maximum atomic E-state index is 13.4. The van der Waals surface area contributed by atoms with Crippen molar-refractivity contribution < 1.29 is 42.2 Å². The smallest absolute Gasteiger partial charge is 0.278 e. The summed E-state index contributed by atoms with van der Waals surface area (Å²) in [4.78, 5) is 12.5. The third-order valence-corrected chi connectivity index (χ3v) is 3.96. The predicted octanol–water partition coefficient (Wildman–Crippen LogP) is 4.67. The number of hydrogen-bond donors (Lipinski definition) is 1. The summed E-state index contributed by atoms with van der Waals surface area (Å²) in [5.74, 6) is -0.507. The Labute approximate surface area is 191 Å². The SMILES string of the molecule is CC.Cc1ccccc1-c1c(O)c(Cc2cccc(F)c2)nn(C)c1=O.[CH3-].[Y]. The fraction of sp³-hybridized carbons (Fsp3) is 0.227. The second-order valence-corrected chi connectivity index (χ2v) is 5.72. The summed E-state index contributed by atoms with van der Waals surface area (Å²) in [5.41, 5.74) is 2.40. The van der Waals surface area contributed by atoms with Gasteiger partial charge in [0.1, 0.15) is 11.5 Å². The number of rotatable bonds is 3. The topological polar surface area (TPSA) is 55.1 Å². The van der Waals surface area contributed by atoms with Crippen LogP contribution in [-0.4, -0.2) is 14.9 Å². The number of aromatic hydroxyl groups is 1. The molecule has 2 aromatic carbocycles. The van der Waals surface area contributed by atoms with Gasteiger partial charge in [-0.25, -0.2) is 9.07 Å². The van der Waals surface area contributed by atoms with E-state index in [0.29, 0.717) is 16.8 Å². The molecule has 0 amide bonds. The van der Waals surface area contributed by atoms with Gasteiger partial charge >= 0.3 is 0 Å². The molecule has 0 saturated carbocycles. The van der Waals surface area contributed by atoms with Crippen LogP contribution in [0.4, 0.5) is 4.39 Å². The first-order valence-corrected chi connectivity index (χ1v) is 8.57. The normalized spacial score (nSPS) is 9.46. The number of hydrogen-bond acceptors (Lipinski definition) is 3. The van der Waals surface area contributed by atoms with Crippen molar-refractivity contribution in [1.29, 1.82) is 0 Å². The molecule has 1 N–H and O–H groups in total. The standard InChI is InChI=1S/C19H17FN2O2.C2H6.CH3.Y/c1-12-6-3-4-9-15(12)17-18(23)16(21-22(2)19(17)24)11-13-7-5-8-14(20)10-13;1-2;;/h3-10,23H,11H2,1-2H3;1-2H3;1H3;/q;;-1;. The zero-order valence-corrected chi connectivity index (χ0v) is 19.9. The molecular formula is C22H26FN2O2Y-. The minimum atomic E-state index is -0.371. The molecule has 0 aliphatic heterocycles. The van der Waals surface area contributed by atoms with Crippen LogP contribution in [-0.2, 0) is 46.2 Å². The quantitative estimate of drug-likeness (QED) is 0.581. The van der Waals surface area contributed by atoms with Gasteiger partial charge in [-0.1, -0.05) is 50.2 Å². The molecule has 4 nitrogen and oxygen atoms in total. The summed E-state index contributed by atoms with van der Waals surface area (Å²) in [5, 5.41) is 14.8. The Bertz CT molecular complexity index is 971. The van der Waals surface area contributed by atoms with Crippen molar-refractivity contribution in [3.05, 3.63) is 88.9 Å². The second kappa shape index (κ2) is 11.9. The van der Waals surface area contributed by atoms with E-state index >= 15 is 0 Å². The Hall–Kier alpha value is -1.85. The number of benzene rings is 2. The zero-order chi connectivity index (χ0) is 19.3. The van der Waals surface area contributed by atoms with Crippen molar-refractivity contribution in [2.24, 2.45) is 7.05 Å². The van der Waals surface area contributed by atoms with Gasteiger partial charge < -0.3 is 12.5 Å². The molecule has 0 saturated heterocycles. The fourth-order valence-electron chi connectivity index (χ4n) is 2.74. The van der Waals surface area contributed by atoms with Crippen LogP contribution in [0, 0.1) is 20.2 Å². The third-order valence-electron chi connectivity index (χ3n) is 3.96. The molecule has 0 unspecified atom stereocenters. The van der Waals surface area contributed by atoms with Gasteiger partial charge in [-0.2, -0.15) is 5.10 Å². The van der Waals surface area contributed by atoms with Gasteiger partial charge in [0, 0.05) is 46.2 Å². The first-order chi connectivity index (χ1) is 12.5. The maximum absolute atomic E-state index is 13.4. The van der Waals surface area contributed by atoms with Crippen LogP contribution in [0.5, 0.6) is 5.75 Å². The molecule has 3 aromatic rings. The maximum Gasteiger partial charge on any atom is 0.278 e. The van der Waals surface area contributed by atoms with Crippen molar-refractivity contribution >= 4 is 0 Å². The van der Waals surface area contributed by atoms with E-state index in [1.165, 1.54) is 16.8 Å². The molecule has 3 rings (SSSR count). The molecule has 0 atom stereocenters. The van der Waals surface area contributed by atoms with Crippen LogP contribution < -0.4 is 5.56 Å². The molecule has 0 fully saturated rings. The van der Waals surface area contributed by atoms with Crippen molar-refractivity contribution in [3.63, 3.8) is 0 Å². The monoisotopic (exact) mass is 458 g/mol. The van der Waals surface area contributed by atoms with Gasteiger partial charge in [0.05, 0.1) is 5.56 Å². The summed E-state index contributed by atoms with van der Waals surface area (Å²) in [6, 6.07) is 13.5. The minimum Gasteiger partial charge on any atom is -0.505 e. The van der Waals surface area contributed by atoms with E-state index in [1.54, 1.807) is 25.2 Å². The number of aromatic nitrogens is 2. The van der Waals surface area contributed by atoms with Crippen LogP contribution in [0.3, 0.4) is 0 Å². The van der Waals surface area contributed by atoms with Crippen LogP contribution in [0.1, 0.15) is 30.7 Å². The second-order valence-electron chi connectivity index (χ2n) is 5.72. The summed E-state index contributed by atoms with van der Waals surface area (Å²) < 4.78 is 14.6. The van der Waals surface area contributed by atoms with Crippen LogP contribution in [0.25, 0.3) is 11.1 Å². The molecule has 1 heterocycles. The van der Waals surface area contributed by atoms with Gasteiger partial charge in [0.15, 0.2) is 5.75 Å². The van der Waals surface area contributed by atoms with Gasteiger partial charge in [-0.3, -0.25) is 4.79 Å². The predicted molar refractivity (Wildman–Crippen MR) is 108 cm³/mol. The molecule has 0 spiro atoms. The number of nitrogens with zero attached hydrogens (tertiary/aromatic N) is 2. The van der Waals surface area contributed by atoms with Crippen LogP contribution in [0.2, 0.25) is 0 Å². The molecule has 1 aromatic heterocycles. The Kier molecular flexibility index (Phi) is 11.1. The Morgan fingerprint density at radius 2 is 1.75 bits per heavy atom. The van der Waals surface area contributed by atoms with Crippen molar-refractivity contribution in [2.45, 2.75) is 27.2 Å². The molecule has 147 valence electrons. The number of aryl methyl sites for hydroxylation is 2. The van der Waals surface area contributed by atoms with Crippen molar-refractivity contribution in [2.75, 3.05) is 0 Å². The van der Waals surface area contributed by atoms with E-state index < -0.39 is 0 Å². The minimum absolute atomic E-state index is 0. The van der Waals surface area contributed by atoms with Crippen LogP contribution in [0.15, 0.2) is 53.3 Å². The third kappa shape index (κ3) is 5.82. The summed E-state index contributed by atoms with van der Waals surface area (Å²) in [7, 11) is 1.54. The molecule has 0 aliphatic rings. The van der Waals surface area contributed by atoms with Gasteiger partial charge in [-0.05, 0) is 35.7 Å². The average Bonchev–Trinajstić information content (AvgIpc) is 2.63. The molecule has 0 aliphatic carbocycles. The Morgan fingerprint density at radius 1 is 1.11 bits per heavy atom. The number of halogens is 1. The first-order valence-electron chi connectivity index (χ1n) is 8.57. The van der Waals surface area contributed by atoms with Crippen molar-refractivity contribution in [3.8, 4) is 16.9 Å². The Balaban J connectivity index is 0.00000177. The van der Waals surface area contributed by atoms with E-state index in [2.05, 4.69) is 5.10 Å². The van der Waals surface area contributed by atoms with E-state index in [9.17, 15) is 14.3 Å². The van der Waals surface area contributed by atoms with Crippen molar-refractivity contribution in [1.82, 2.24) is 9.78 Å².